The van der Waals surface area contributed by atoms with Crippen molar-refractivity contribution in [3.05, 3.63) is 64.1 Å². The van der Waals surface area contributed by atoms with E-state index >= 15 is 0 Å². The third-order valence-corrected chi connectivity index (χ3v) is 4.75. The molecule has 2 aromatic rings. The first-order chi connectivity index (χ1) is 13.0. The van der Waals surface area contributed by atoms with E-state index in [1.165, 1.54) is 0 Å². The highest BCUT2D eigenvalue weighted by Crippen LogP contribution is 2.13. The molecule has 0 unspecified atom stereocenters. The molecule has 3 rings (SSSR count). The topological polar surface area (TPSA) is 70.7 Å². The highest BCUT2D eigenvalue weighted by Gasteiger charge is 2.18. The minimum atomic E-state index is -0.292. The van der Waals surface area contributed by atoms with Crippen LogP contribution in [0.5, 0.6) is 0 Å². The number of morpholine rings is 1. The minimum Gasteiger partial charge on any atom is -0.378 e. The number of hydrogen-bond acceptors (Lipinski definition) is 4. The Balaban J connectivity index is 1.55. The Bertz CT molecular complexity index is 834. The Morgan fingerprint density at radius 2 is 1.56 bits per heavy atom. The molecule has 2 aromatic carbocycles. The summed E-state index contributed by atoms with van der Waals surface area (Å²) >= 11 is 8.51. The van der Waals surface area contributed by atoms with Gasteiger partial charge in [-0.15, -0.1) is 0 Å². The van der Waals surface area contributed by atoms with E-state index in [1.54, 1.807) is 53.4 Å². The maximum Gasteiger partial charge on any atom is 0.257 e. The average molecular weight is 448 g/mol. The van der Waals surface area contributed by atoms with E-state index < -0.39 is 0 Å². The third kappa shape index (κ3) is 5.35. The predicted octanol–water partition coefficient (Wildman–Crippen LogP) is 3.05. The number of thiocarbonyl (C=S) groups is 1. The van der Waals surface area contributed by atoms with E-state index in [0.717, 1.165) is 4.47 Å². The van der Waals surface area contributed by atoms with Gasteiger partial charge < -0.3 is 15.0 Å². The summed E-state index contributed by atoms with van der Waals surface area (Å²) in [6, 6.07) is 14.0. The quantitative estimate of drug-likeness (QED) is 0.707. The smallest absolute Gasteiger partial charge is 0.257 e. The summed E-state index contributed by atoms with van der Waals surface area (Å²) in [5.41, 5.74) is 1.80. The molecule has 0 saturated carbocycles. The molecule has 0 atom stereocenters. The molecule has 1 heterocycles. The fourth-order valence-electron chi connectivity index (χ4n) is 2.58. The van der Waals surface area contributed by atoms with E-state index in [2.05, 4.69) is 26.6 Å². The molecule has 0 radical (unpaired) electrons. The lowest BCUT2D eigenvalue weighted by Gasteiger charge is -2.26. The molecule has 1 aliphatic rings. The zero-order chi connectivity index (χ0) is 19.2. The molecule has 27 heavy (non-hydrogen) atoms. The van der Waals surface area contributed by atoms with Gasteiger partial charge in [-0.2, -0.15) is 0 Å². The first-order valence-corrected chi connectivity index (χ1v) is 9.58. The second-order valence-electron chi connectivity index (χ2n) is 5.90. The molecule has 2 amide bonds. The normalized spacial score (nSPS) is 13.7. The largest absolute Gasteiger partial charge is 0.378 e. The fraction of sp³-hybridized carbons (Fsp3) is 0.211. The monoisotopic (exact) mass is 447 g/mol. The summed E-state index contributed by atoms with van der Waals surface area (Å²) in [7, 11) is 0. The van der Waals surface area contributed by atoms with Crippen molar-refractivity contribution < 1.29 is 14.3 Å². The molecule has 2 N–H and O–H groups in total. The van der Waals surface area contributed by atoms with Crippen LogP contribution in [0.2, 0.25) is 0 Å². The number of rotatable bonds is 3. The number of benzene rings is 2. The SMILES string of the molecule is O=C(NC(=S)Nc1ccc(C(=O)N2CCOCC2)cc1)c1ccc(Br)cc1. The van der Waals surface area contributed by atoms with Crippen LogP contribution < -0.4 is 10.6 Å². The van der Waals surface area contributed by atoms with Gasteiger partial charge in [0.15, 0.2) is 5.11 Å². The Kier molecular flexibility index (Phi) is 6.54. The molecule has 0 bridgehead atoms. The molecule has 6 nitrogen and oxygen atoms in total. The van der Waals surface area contributed by atoms with Crippen LogP contribution in [-0.4, -0.2) is 48.1 Å². The van der Waals surface area contributed by atoms with Crippen LogP contribution in [0.1, 0.15) is 20.7 Å². The molecular formula is C19H18BrN3O3S. The number of carbonyl (C=O) groups is 2. The maximum absolute atomic E-state index is 12.4. The minimum absolute atomic E-state index is 0.0176. The molecule has 140 valence electrons. The third-order valence-electron chi connectivity index (χ3n) is 4.02. The van der Waals surface area contributed by atoms with Gasteiger partial charge in [-0.25, -0.2) is 0 Å². The van der Waals surface area contributed by atoms with Crippen molar-refractivity contribution in [2.24, 2.45) is 0 Å². The molecule has 0 aromatic heterocycles. The molecule has 0 aliphatic carbocycles. The zero-order valence-corrected chi connectivity index (χ0v) is 16.8. The van der Waals surface area contributed by atoms with Gasteiger partial charge in [-0.05, 0) is 60.7 Å². The lowest BCUT2D eigenvalue weighted by atomic mass is 10.1. The van der Waals surface area contributed by atoms with Crippen LogP contribution >= 0.6 is 28.1 Å². The van der Waals surface area contributed by atoms with Crippen LogP contribution in [0.4, 0.5) is 5.69 Å². The fourth-order valence-corrected chi connectivity index (χ4v) is 3.06. The summed E-state index contributed by atoms with van der Waals surface area (Å²) in [4.78, 5) is 26.4. The van der Waals surface area contributed by atoms with E-state index in [0.29, 0.717) is 43.1 Å². The first kappa shape index (κ1) is 19.5. The summed E-state index contributed by atoms with van der Waals surface area (Å²) in [6.45, 7) is 2.34. The summed E-state index contributed by atoms with van der Waals surface area (Å²) in [6.07, 6.45) is 0. The number of hydrogen-bond donors (Lipinski definition) is 2. The molecule has 1 saturated heterocycles. The van der Waals surface area contributed by atoms with Gasteiger partial charge in [0, 0.05) is 34.4 Å². The van der Waals surface area contributed by atoms with E-state index in [-0.39, 0.29) is 16.9 Å². The van der Waals surface area contributed by atoms with Crippen LogP contribution in [0.15, 0.2) is 53.0 Å². The van der Waals surface area contributed by atoms with Crippen molar-refractivity contribution in [2.75, 3.05) is 31.6 Å². The number of carbonyl (C=O) groups excluding carboxylic acids is 2. The summed E-state index contributed by atoms with van der Waals surface area (Å²) in [5.74, 6) is -0.310. The summed E-state index contributed by atoms with van der Waals surface area (Å²) < 4.78 is 6.16. The lowest BCUT2D eigenvalue weighted by Crippen LogP contribution is -2.40. The Morgan fingerprint density at radius 1 is 0.963 bits per heavy atom. The number of nitrogens with zero attached hydrogens (tertiary/aromatic N) is 1. The second-order valence-corrected chi connectivity index (χ2v) is 7.22. The van der Waals surface area contributed by atoms with Crippen molar-refractivity contribution in [3.8, 4) is 0 Å². The standard InChI is InChI=1S/C19H18BrN3O3S/c20-15-5-1-13(2-6-15)17(24)22-19(27)21-16-7-3-14(4-8-16)18(25)23-9-11-26-12-10-23/h1-8H,9-12H2,(H2,21,22,24,27). The number of halogens is 1. The van der Waals surface area contributed by atoms with E-state index in [9.17, 15) is 9.59 Å². The molecule has 8 heteroatoms. The van der Waals surface area contributed by atoms with Crippen molar-refractivity contribution >= 4 is 50.8 Å². The van der Waals surface area contributed by atoms with Gasteiger partial charge in [0.05, 0.1) is 13.2 Å². The van der Waals surface area contributed by atoms with E-state index in [4.69, 9.17) is 17.0 Å². The molecule has 1 fully saturated rings. The molecule has 0 spiro atoms. The van der Waals surface area contributed by atoms with Crippen LogP contribution in [0.25, 0.3) is 0 Å². The second kappa shape index (κ2) is 9.07. The first-order valence-electron chi connectivity index (χ1n) is 8.38. The maximum atomic E-state index is 12.4. The van der Waals surface area contributed by atoms with Gasteiger partial charge in [0.2, 0.25) is 0 Å². The average Bonchev–Trinajstić information content (AvgIpc) is 2.69. The number of ether oxygens (including phenoxy) is 1. The van der Waals surface area contributed by atoms with Gasteiger partial charge in [0.1, 0.15) is 0 Å². The summed E-state index contributed by atoms with van der Waals surface area (Å²) in [5, 5.41) is 5.77. The van der Waals surface area contributed by atoms with Crippen LogP contribution in [0, 0.1) is 0 Å². The van der Waals surface area contributed by atoms with E-state index in [1.807, 2.05) is 0 Å². The van der Waals surface area contributed by atoms with Crippen molar-refractivity contribution in [2.45, 2.75) is 0 Å². The van der Waals surface area contributed by atoms with Gasteiger partial charge >= 0.3 is 0 Å². The molecular weight excluding hydrogens is 430 g/mol. The Hall–Kier alpha value is -2.29. The van der Waals surface area contributed by atoms with Crippen LogP contribution in [-0.2, 0) is 4.74 Å². The molecule has 1 aliphatic heterocycles. The Morgan fingerprint density at radius 3 is 2.19 bits per heavy atom. The Labute approximate surface area is 171 Å². The lowest BCUT2D eigenvalue weighted by molar-refractivity contribution is 0.0303. The van der Waals surface area contributed by atoms with Crippen molar-refractivity contribution in [1.29, 1.82) is 0 Å². The van der Waals surface area contributed by atoms with Gasteiger partial charge in [-0.1, -0.05) is 15.9 Å². The van der Waals surface area contributed by atoms with Gasteiger partial charge in [-0.3, -0.25) is 14.9 Å². The van der Waals surface area contributed by atoms with Gasteiger partial charge in [0.25, 0.3) is 11.8 Å². The zero-order valence-electron chi connectivity index (χ0n) is 14.4. The van der Waals surface area contributed by atoms with Crippen molar-refractivity contribution in [1.82, 2.24) is 10.2 Å². The predicted molar refractivity (Wildman–Crippen MR) is 111 cm³/mol. The number of anilines is 1. The number of nitrogens with one attached hydrogen (secondary N) is 2. The van der Waals surface area contributed by atoms with Crippen LogP contribution in [0.3, 0.4) is 0 Å². The highest BCUT2D eigenvalue weighted by molar-refractivity contribution is 9.10. The highest BCUT2D eigenvalue weighted by atomic mass is 79.9. The number of amides is 2. The van der Waals surface area contributed by atoms with Crippen molar-refractivity contribution in [3.63, 3.8) is 0 Å².